The molecule has 2 aliphatic heterocycles. The molecule has 0 bridgehead atoms. The number of hydrogen-bond acceptors (Lipinski definition) is 5. The first kappa shape index (κ1) is 17.4. The summed E-state index contributed by atoms with van der Waals surface area (Å²) in [4.78, 5) is 14.3. The van der Waals surface area contributed by atoms with Crippen molar-refractivity contribution in [2.24, 2.45) is 11.7 Å². The molecule has 0 radical (unpaired) electrons. The third kappa shape index (κ3) is 4.33. The molecule has 2 fully saturated rings. The van der Waals surface area contributed by atoms with Crippen molar-refractivity contribution in [3.05, 3.63) is 35.9 Å². The Morgan fingerprint density at radius 2 is 1.96 bits per heavy atom. The summed E-state index contributed by atoms with van der Waals surface area (Å²) < 4.78 is 0. The Hall–Kier alpha value is -1.47. The van der Waals surface area contributed by atoms with Crippen molar-refractivity contribution >= 4 is 5.91 Å². The number of rotatable bonds is 5. The minimum Gasteiger partial charge on any atom is -0.393 e. The van der Waals surface area contributed by atoms with Crippen molar-refractivity contribution in [1.29, 1.82) is 0 Å². The van der Waals surface area contributed by atoms with Gasteiger partial charge in [0.2, 0.25) is 5.91 Å². The minimum atomic E-state index is -0.290. The summed E-state index contributed by atoms with van der Waals surface area (Å²) >= 11 is 0. The Labute approximate surface area is 143 Å². The van der Waals surface area contributed by atoms with Gasteiger partial charge in [-0.25, -0.2) is 10.9 Å². The van der Waals surface area contributed by atoms with E-state index in [2.05, 4.69) is 23.0 Å². The molecule has 24 heavy (non-hydrogen) atoms. The van der Waals surface area contributed by atoms with Crippen LogP contribution in [-0.4, -0.2) is 47.3 Å². The fourth-order valence-corrected chi connectivity index (χ4v) is 3.66. The molecule has 0 aromatic heterocycles. The maximum Gasteiger partial charge on any atom is 0.241 e. The van der Waals surface area contributed by atoms with Crippen LogP contribution in [0.2, 0.25) is 0 Å². The van der Waals surface area contributed by atoms with Crippen molar-refractivity contribution in [2.75, 3.05) is 13.1 Å². The molecular formula is C18H28N4O2. The Balaban J connectivity index is 1.42. The van der Waals surface area contributed by atoms with Crippen molar-refractivity contribution < 1.29 is 9.90 Å². The molecule has 3 atom stereocenters. The highest BCUT2D eigenvalue weighted by molar-refractivity contribution is 5.82. The first-order chi connectivity index (χ1) is 11.6. The van der Waals surface area contributed by atoms with Crippen molar-refractivity contribution in [3.8, 4) is 0 Å². The van der Waals surface area contributed by atoms with Gasteiger partial charge in [0.25, 0.3) is 0 Å². The number of amides is 1. The van der Waals surface area contributed by atoms with Crippen LogP contribution in [0, 0.1) is 5.92 Å². The largest absolute Gasteiger partial charge is 0.393 e. The number of nitrogens with one attached hydrogen (secondary N) is 2. The molecule has 132 valence electrons. The lowest BCUT2D eigenvalue weighted by atomic mass is 9.88. The second-order valence-electron chi connectivity index (χ2n) is 6.94. The highest BCUT2D eigenvalue weighted by Crippen LogP contribution is 2.24. The molecule has 1 amide bonds. The van der Waals surface area contributed by atoms with Gasteiger partial charge >= 0.3 is 0 Å². The number of aliphatic hydroxyl groups is 1. The van der Waals surface area contributed by atoms with Gasteiger partial charge in [0.1, 0.15) is 6.04 Å². The van der Waals surface area contributed by atoms with E-state index in [1.807, 2.05) is 23.1 Å². The molecular weight excluding hydrogens is 304 g/mol. The van der Waals surface area contributed by atoms with Crippen LogP contribution in [0.3, 0.4) is 0 Å². The molecule has 2 heterocycles. The molecule has 6 heteroatoms. The first-order valence-corrected chi connectivity index (χ1v) is 8.91. The third-order valence-corrected chi connectivity index (χ3v) is 5.20. The second-order valence-corrected chi connectivity index (χ2v) is 6.94. The number of piperidine rings is 1. The number of aliphatic hydroxyl groups excluding tert-OH is 1. The number of nitrogens with two attached hydrogens (primary N) is 1. The quantitative estimate of drug-likeness (QED) is 0.625. The predicted octanol–water partition coefficient (Wildman–Crippen LogP) is 0.370. The van der Waals surface area contributed by atoms with Gasteiger partial charge in [-0.3, -0.25) is 4.79 Å². The van der Waals surface area contributed by atoms with Crippen LogP contribution in [-0.2, 0) is 11.2 Å². The van der Waals surface area contributed by atoms with Gasteiger partial charge < -0.3 is 15.7 Å². The summed E-state index contributed by atoms with van der Waals surface area (Å²) in [5, 5.41) is 10.5. The number of hydrogen-bond donors (Lipinski definition) is 4. The Bertz CT molecular complexity index is 531. The maximum atomic E-state index is 12.4. The number of benzene rings is 1. The SMILES string of the molecule is NC1CC(C(=O)N2CCC(C(O)CCc3ccccc3)CC2)NN1. The van der Waals surface area contributed by atoms with E-state index in [4.69, 9.17) is 5.73 Å². The Morgan fingerprint density at radius 1 is 1.25 bits per heavy atom. The molecule has 6 nitrogen and oxygen atoms in total. The van der Waals surface area contributed by atoms with Crippen LogP contribution >= 0.6 is 0 Å². The maximum absolute atomic E-state index is 12.4. The summed E-state index contributed by atoms with van der Waals surface area (Å²) in [7, 11) is 0. The van der Waals surface area contributed by atoms with Crippen LogP contribution in [0.15, 0.2) is 30.3 Å². The van der Waals surface area contributed by atoms with Gasteiger partial charge in [0, 0.05) is 19.5 Å². The van der Waals surface area contributed by atoms with Gasteiger partial charge in [-0.15, -0.1) is 0 Å². The van der Waals surface area contributed by atoms with E-state index >= 15 is 0 Å². The number of likely N-dealkylation sites (tertiary alicyclic amines) is 1. The fraction of sp³-hybridized carbons (Fsp3) is 0.611. The van der Waals surface area contributed by atoms with E-state index in [0.717, 1.165) is 38.8 Å². The molecule has 2 aliphatic rings. The second kappa shape index (κ2) is 8.07. The zero-order valence-corrected chi connectivity index (χ0v) is 14.0. The average molecular weight is 332 g/mol. The lowest BCUT2D eigenvalue weighted by Crippen LogP contribution is -2.49. The number of nitrogens with zero attached hydrogens (tertiary/aromatic N) is 1. The monoisotopic (exact) mass is 332 g/mol. The highest BCUT2D eigenvalue weighted by Gasteiger charge is 2.33. The molecule has 3 rings (SSSR count). The molecule has 5 N–H and O–H groups in total. The Kier molecular flexibility index (Phi) is 5.84. The molecule has 3 unspecified atom stereocenters. The lowest BCUT2D eigenvalue weighted by molar-refractivity contribution is -0.135. The van der Waals surface area contributed by atoms with Crippen LogP contribution in [0.25, 0.3) is 0 Å². The van der Waals surface area contributed by atoms with E-state index < -0.39 is 0 Å². The van der Waals surface area contributed by atoms with E-state index in [1.54, 1.807) is 0 Å². The minimum absolute atomic E-state index is 0.118. The summed E-state index contributed by atoms with van der Waals surface area (Å²) in [6, 6.07) is 10.0. The van der Waals surface area contributed by atoms with Crippen LogP contribution in [0.4, 0.5) is 0 Å². The number of hydrazine groups is 1. The molecule has 0 spiro atoms. The van der Waals surface area contributed by atoms with Crippen LogP contribution in [0.5, 0.6) is 0 Å². The van der Waals surface area contributed by atoms with Crippen LogP contribution < -0.4 is 16.6 Å². The standard InChI is InChI=1S/C18H28N4O2/c19-17-12-15(20-21-17)18(24)22-10-8-14(9-11-22)16(23)7-6-13-4-2-1-3-5-13/h1-5,14-17,20-21,23H,6-12,19H2. The fourth-order valence-electron chi connectivity index (χ4n) is 3.66. The molecule has 2 saturated heterocycles. The van der Waals surface area contributed by atoms with Gasteiger partial charge in [-0.1, -0.05) is 30.3 Å². The Morgan fingerprint density at radius 3 is 2.58 bits per heavy atom. The number of carbonyl (C=O) groups excluding carboxylic acids is 1. The topological polar surface area (TPSA) is 90.6 Å². The number of aryl methyl sites for hydroxylation is 1. The normalized spacial score (nSPS) is 26.5. The summed E-state index contributed by atoms with van der Waals surface area (Å²) in [6.07, 6.45) is 3.60. The smallest absolute Gasteiger partial charge is 0.241 e. The molecule has 0 saturated carbocycles. The molecule has 1 aromatic rings. The zero-order chi connectivity index (χ0) is 16.9. The van der Waals surface area contributed by atoms with Gasteiger partial charge in [0.15, 0.2) is 0 Å². The average Bonchev–Trinajstić information content (AvgIpc) is 3.06. The van der Waals surface area contributed by atoms with Crippen molar-refractivity contribution in [2.45, 2.75) is 50.4 Å². The van der Waals surface area contributed by atoms with E-state index in [0.29, 0.717) is 6.42 Å². The van der Waals surface area contributed by atoms with E-state index in [-0.39, 0.29) is 30.1 Å². The third-order valence-electron chi connectivity index (χ3n) is 5.20. The van der Waals surface area contributed by atoms with Gasteiger partial charge in [-0.05, 0) is 37.2 Å². The van der Waals surface area contributed by atoms with E-state index in [9.17, 15) is 9.90 Å². The highest BCUT2D eigenvalue weighted by atomic mass is 16.3. The molecule has 0 aliphatic carbocycles. The molecule has 1 aromatic carbocycles. The first-order valence-electron chi connectivity index (χ1n) is 8.91. The van der Waals surface area contributed by atoms with Crippen LogP contribution in [0.1, 0.15) is 31.2 Å². The summed E-state index contributed by atoms with van der Waals surface area (Å²) in [5.41, 5.74) is 12.9. The van der Waals surface area contributed by atoms with Crippen molar-refractivity contribution in [1.82, 2.24) is 15.8 Å². The zero-order valence-electron chi connectivity index (χ0n) is 14.0. The van der Waals surface area contributed by atoms with Gasteiger partial charge in [0.05, 0.1) is 12.3 Å². The van der Waals surface area contributed by atoms with E-state index in [1.165, 1.54) is 5.56 Å². The summed E-state index contributed by atoms with van der Waals surface area (Å²) in [6.45, 7) is 1.44. The lowest BCUT2D eigenvalue weighted by Gasteiger charge is -2.35. The van der Waals surface area contributed by atoms with Gasteiger partial charge in [-0.2, -0.15) is 0 Å². The number of carbonyl (C=O) groups is 1. The van der Waals surface area contributed by atoms with Crippen molar-refractivity contribution in [3.63, 3.8) is 0 Å². The summed E-state index contributed by atoms with van der Waals surface area (Å²) in [5.74, 6) is 0.405. The predicted molar refractivity (Wildman–Crippen MR) is 92.7 cm³/mol.